The number of aromatic amines is 2. The van der Waals surface area contributed by atoms with E-state index >= 15 is 0 Å². The summed E-state index contributed by atoms with van der Waals surface area (Å²) in [6.07, 6.45) is 0. The normalized spacial score (nSPS) is 11.0. The van der Waals surface area contributed by atoms with Gasteiger partial charge in [0.1, 0.15) is 5.75 Å². The summed E-state index contributed by atoms with van der Waals surface area (Å²) in [6, 6.07) is 7.50. The highest BCUT2D eigenvalue weighted by molar-refractivity contribution is 9.10. The van der Waals surface area contributed by atoms with Gasteiger partial charge < -0.3 is 9.30 Å². The maximum atomic E-state index is 12.0. The van der Waals surface area contributed by atoms with Gasteiger partial charge in [0.15, 0.2) is 15.9 Å². The molecule has 0 aliphatic rings. The Balaban J connectivity index is 2.14. The highest BCUT2D eigenvalue weighted by Crippen LogP contribution is 2.19. The Kier molecular flexibility index (Phi) is 3.38. The van der Waals surface area contributed by atoms with Gasteiger partial charge in [-0.15, -0.1) is 0 Å². The van der Waals surface area contributed by atoms with E-state index in [-0.39, 0.29) is 5.65 Å². The Morgan fingerprint density at radius 2 is 2.14 bits per heavy atom. The molecule has 7 nitrogen and oxygen atoms in total. The summed E-state index contributed by atoms with van der Waals surface area (Å²) in [7, 11) is 1.59. The number of imidazole rings is 1. The Labute approximate surface area is 126 Å². The van der Waals surface area contributed by atoms with E-state index in [0.29, 0.717) is 16.8 Å². The van der Waals surface area contributed by atoms with Crippen molar-refractivity contribution in [1.29, 1.82) is 0 Å². The third-order valence-corrected chi connectivity index (χ3v) is 3.68. The lowest BCUT2D eigenvalue weighted by molar-refractivity contribution is 0.414. The molecular weight excluding hydrogens is 340 g/mol. The maximum Gasteiger partial charge on any atom is 0.327 e. The van der Waals surface area contributed by atoms with Gasteiger partial charge >= 0.3 is 5.69 Å². The van der Waals surface area contributed by atoms with Crippen LogP contribution >= 0.6 is 15.9 Å². The Morgan fingerprint density at radius 3 is 2.90 bits per heavy atom. The molecule has 0 fully saturated rings. The lowest BCUT2D eigenvalue weighted by atomic mass is 10.2. The van der Waals surface area contributed by atoms with Crippen LogP contribution in [0.4, 0.5) is 0 Å². The molecule has 2 aromatic heterocycles. The number of rotatable bonds is 3. The van der Waals surface area contributed by atoms with Crippen LogP contribution in [0, 0.1) is 0 Å². The van der Waals surface area contributed by atoms with Crippen molar-refractivity contribution in [3.63, 3.8) is 0 Å². The smallest absolute Gasteiger partial charge is 0.327 e. The fourth-order valence-corrected chi connectivity index (χ4v) is 2.62. The average molecular weight is 351 g/mol. The van der Waals surface area contributed by atoms with Gasteiger partial charge in [-0.3, -0.25) is 14.8 Å². The van der Waals surface area contributed by atoms with Crippen molar-refractivity contribution in [3.05, 3.63) is 55.4 Å². The molecule has 0 amide bonds. The quantitative estimate of drug-likeness (QED) is 0.695. The zero-order chi connectivity index (χ0) is 15.0. The van der Waals surface area contributed by atoms with Crippen LogP contribution < -0.4 is 16.0 Å². The number of methoxy groups -OCH3 is 1. The molecule has 0 aliphatic carbocycles. The second-order valence-electron chi connectivity index (χ2n) is 4.42. The third kappa shape index (κ3) is 2.49. The molecule has 0 bridgehead atoms. The van der Waals surface area contributed by atoms with Gasteiger partial charge in [-0.05, 0) is 33.6 Å². The van der Waals surface area contributed by atoms with Crippen molar-refractivity contribution < 1.29 is 4.74 Å². The summed E-state index contributed by atoms with van der Waals surface area (Å²) < 4.78 is 7.32. The van der Waals surface area contributed by atoms with Gasteiger partial charge in [0.2, 0.25) is 0 Å². The average Bonchev–Trinajstić information content (AvgIpc) is 2.75. The molecule has 0 aliphatic heterocycles. The topological polar surface area (TPSA) is 92.8 Å². The van der Waals surface area contributed by atoms with E-state index in [2.05, 4.69) is 30.9 Å². The monoisotopic (exact) mass is 350 g/mol. The molecule has 0 saturated carbocycles. The first-order valence-corrected chi connectivity index (χ1v) is 6.89. The predicted molar refractivity (Wildman–Crippen MR) is 80.8 cm³/mol. The summed E-state index contributed by atoms with van der Waals surface area (Å²) in [5.41, 5.74) is 0.448. The third-order valence-electron chi connectivity index (χ3n) is 3.07. The minimum absolute atomic E-state index is 0.249. The zero-order valence-corrected chi connectivity index (χ0v) is 12.6. The molecule has 2 heterocycles. The minimum atomic E-state index is -0.578. The summed E-state index contributed by atoms with van der Waals surface area (Å²) in [6.45, 7) is 0.420. The SMILES string of the molecule is COc1cccc(Cn2c(Br)nc3[nH]c(=O)[nH]c(=O)c32)c1. The number of aromatic nitrogens is 4. The number of benzene rings is 1. The van der Waals surface area contributed by atoms with Crippen molar-refractivity contribution in [1.82, 2.24) is 19.5 Å². The predicted octanol–water partition coefficient (Wildman–Crippen LogP) is 1.23. The van der Waals surface area contributed by atoms with E-state index in [9.17, 15) is 9.59 Å². The number of hydrogen-bond acceptors (Lipinski definition) is 4. The van der Waals surface area contributed by atoms with Crippen molar-refractivity contribution >= 4 is 27.1 Å². The minimum Gasteiger partial charge on any atom is -0.497 e. The van der Waals surface area contributed by atoms with Gasteiger partial charge in [0, 0.05) is 0 Å². The van der Waals surface area contributed by atoms with E-state index in [1.165, 1.54) is 0 Å². The van der Waals surface area contributed by atoms with Crippen LogP contribution in [0.3, 0.4) is 0 Å². The van der Waals surface area contributed by atoms with E-state index in [0.717, 1.165) is 11.3 Å². The zero-order valence-electron chi connectivity index (χ0n) is 11.0. The highest BCUT2D eigenvalue weighted by Gasteiger charge is 2.13. The molecule has 108 valence electrons. The van der Waals surface area contributed by atoms with Crippen LogP contribution in [0.2, 0.25) is 0 Å². The molecule has 8 heteroatoms. The molecule has 0 radical (unpaired) electrons. The van der Waals surface area contributed by atoms with Crippen LogP contribution in [0.1, 0.15) is 5.56 Å². The highest BCUT2D eigenvalue weighted by atomic mass is 79.9. The van der Waals surface area contributed by atoms with Crippen LogP contribution in [-0.2, 0) is 6.54 Å². The molecule has 1 aromatic carbocycles. The molecule has 0 spiro atoms. The number of fused-ring (bicyclic) bond motifs is 1. The van der Waals surface area contributed by atoms with Gasteiger partial charge in [-0.2, -0.15) is 0 Å². The lowest BCUT2D eigenvalue weighted by Crippen LogP contribution is -2.23. The van der Waals surface area contributed by atoms with Gasteiger partial charge in [-0.1, -0.05) is 12.1 Å². The number of ether oxygens (including phenoxy) is 1. The standard InChI is InChI=1S/C13H11BrN4O3/c1-21-8-4-2-3-7(5-8)6-18-9-10(15-12(18)14)16-13(20)17-11(9)19/h2-5H,6H2,1H3,(H2,16,17,19,20). The number of hydrogen-bond donors (Lipinski definition) is 2. The first kappa shape index (κ1) is 13.6. The Morgan fingerprint density at radius 1 is 1.33 bits per heavy atom. The fourth-order valence-electron chi connectivity index (χ4n) is 2.14. The molecule has 0 unspecified atom stereocenters. The van der Waals surface area contributed by atoms with Crippen molar-refractivity contribution in [2.24, 2.45) is 0 Å². The van der Waals surface area contributed by atoms with Crippen LogP contribution in [0.5, 0.6) is 5.75 Å². The molecule has 3 rings (SSSR count). The molecular formula is C13H11BrN4O3. The summed E-state index contributed by atoms with van der Waals surface area (Å²) in [5, 5.41) is 0. The fraction of sp³-hybridized carbons (Fsp3) is 0.154. The number of halogens is 1. The van der Waals surface area contributed by atoms with E-state index in [1.54, 1.807) is 11.7 Å². The molecule has 21 heavy (non-hydrogen) atoms. The molecule has 2 N–H and O–H groups in total. The van der Waals surface area contributed by atoms with E-state index in [4.69, 9.17) is 4.74 Å². The molecule has 0 saturated heterocycles. The number of nitrogens with zero attached hydrogens (tertiary/aromatic N) is 2. The van der Waals surface area contributed by atoms with E-state index in [1.807, 2.05) is 24.3 Å². The molecule has 0 atom stereocenters. The number of H-pyrrole nitrogens is 2. The van der Waals surface area contributed by atoms with Gasteiger partial charge in [0.05, 0.1) is 13.7 Å². The summed E-state index contributed by atoms with van der Waals surface area (Å²) in [5.74, 6) is 0.732. The summed E-state index contributed by atoms with van der Waals surface area (Å²) in [4.78, 5) is 32.1. The first-order valence-electron chi connectivity index (χ1n) is 6.10. The Bertz CT molecular complexity index is 925. The van der Waals surface area contributed by atoms with Gasteiger partial charge in [-0.25, -0.2) is 9.78 Å². The van der Waals surface area contributed by atoms with Crippen molar-refractivity contribution in [2.45, 2.75) is 6.54 Å². The van der Waals surface area contributed by atoms with Crippen LogP contribution in [-0.4, -0.2) is 26.6 Å². The number of nitrogens with one attached hydrogen (secondary N) is 2. The molecule has 3 aromatic rings. The van der Waals surface area contributed by atoms with Crippen molar-refractivity contribution in [2.75, 3.05) is 7.11 Å². The second-order valence-corrected chi connectivity index (χ2v) is 5.13. The van der Waals surface area contributed by atoms with Gasteiger partial charge in [0.25, 0.3) is 5.56 Å². The van der Waals surface area contributed by atoms with E-state index < -0.39 is 11.2 Å². The second kappa shape index (κ2) is 5.21. The maximum absolute atomic E-state index is 12.0. The first-order chi connectivity index (χ1) is 10.1. The van der Waals surface area contributed by atoms with Crippen molar-refractivity contribution in [3.8, 4) is 5.75 Å². The summed E-state index contributed by atoms with van der Waals surface area (Å²) >= 11 is 3.31. The van der Waals surface area contributed by atoms with Crippen LogP contribution in [0.25, 0.3) is 11.2 Å². The van der Waals surface area contributed by atoms with Crippen LogP contribution in [0.15, 0.2) is 38.6 Å². The Hall–Kier alpha value is -2.35. The largest absolute Gasteiger partial charge is 0.497 e. The lowest BCUT2D eigenvalue weighted by Gasteiger charge is -2.07.